The van der Waals surface area contributed by atoms with Crippen LogP contribution in [0.3, 0.4) is 0 Å². The Balaban J connectivity index is 1.68. The smallest absolute Gasteiger partial charge is 0.131 e. The van der Waals surface area contributed by atoms with E-state index in [4.69, 9.17) is 9.97 Å². The minimum absolute atomic E-state index is 0.562. The maximum atomic E-state index is 4.91. The van der Waals surface area contributed by atoms with E-state index in [-0.39, 0.29) is 0 Å². The van der Waals surface area contributed by atoms with Crippen molar-refractivity contribution in [3.8, 4) is 11.1 Å². The fraction of sp³-hybridized carbons (Fsp3) is 0.583. The summed E-state index contributed by atoms with van der Waals surface area (Å²) >= 11 is 0. The van der Waals surface area contributed by atoms with Crippen LogP contribution in [0.2, 0.25) is 0 Å². The Morgan fingerprint density at radius 2 is 1.69 bits per heavy atom. The minimum atomic E-state index is 0.562. The fourth-order valence-corrected chi connectivity index (χ4v) is 4.31. The van der Waals surface area contributed by atoms with Crippen molar-refractivity contribution in [3.63, 3.8) is 0 Å². The second-order valence-electron chi connectivity index (χ2n) is 8.03. The van der Waals surface area contributed by atoms with Crippen molar-refractivity contribution in [1.82, 2.24) is 9.97 Å². The molecule has 1 aromatic heterocycles. The van der Waals surface area contributed by atoms with Crippen molar-refractivity contribution in [3.05, 3.63) is 47.5 Å². The second-order valence-corrected chi connectivity index (χ2v) is 8.03. The summed E-state index contributed by atoms with van der Waals surface area (Å²) < 4.78 is 0. The van der Waals surface area contributed by atoms with Crippen molar-refractivity contribution in [1.29, 1.82) is 0 Å². The van der Waals surface area contributed by atoms with Crippen LogP contribution in [0.4, 0.5) is 0 Å². The maximum absolute atomic E-state index is 4.91. The molecule has 0 unspecified atom stereocenters. The van der Waals surface area contributed by atoms with Crippen LogP contribution in [0, 0.1) is 12.8 Å². The average molecular weight is 351 g/mol. The van der Waals surface area contributed by atoms with Crippen LogP contribution in [-0.2, 0) is 6.42 Å². The summed E-state index contributed by atoms with van der Waals surface area (Å²) in [6.45, 7) is 6.68. The van der Waals surface area contributed by atoms with Crippen molar-refractivity contribution in [2.45, 2.75) is 84.5 Å². The molecule has 1 heterocycles. The molecular formula is C24H34N2. The van der Waals surface area contributed by atoms with Crippen LogP contribution >= 0.6 is 0 Å². The van der Waals surface area contributed by atoms with E-state index in [0.29, 0.717) is 5.92 Å². The largest absolute Gasteiger partial charge is 0.240 e. The summed E-state index contributed by atoms with van der Waals surface area (Å²) in [6, 6.07) is 8.97. The molecule has 0 bridgehead atoms. The molecule has 1 aliphatic rings. The number of rotatable bonds is 7. The SMILES string of the molecule is CCCCc1ccc(-c2cnc(C3CCC(CCC)CC3)nc2C)cc1. The Morgan fingerprint density at radius 3 is 2.31 bits per heavy atom. The van der Waals surface area contributed by atoms with Crippen molar-refractivity contribution < 1.29 is 0 Å². The number of aromatic nitrogens is 2. The third-order valence-electron chi connectivity index (χ3n) is 5.99. The van der Waals surface area contributed by atoms with E-state index in [1.807, 2.05) is 0 Å². The molecule has 0 atom stereocenters. The molecule has 0 radical (unpaired) electrons. The van der Waals surface area contributed by atoms with E-state index in [0.717, 1.165) is 17.4 Å². The quantitative estimate of drug-likeness (QED) is 0.544. The molecule has 0 aliphatic heterocycles. The highest BCUT2D eigenvalue weighted by molar-refractivity contribution is 5.65. The first kappa shape index (κ1) is 19.1. The summed E-state index contributed by atoms with van der Waals surface area (Å²) in [5.41, 5.74) is 4.96. The summed E-state index contributed by atoms with van der Waals surface area (Å²) in [7, 11) is 0. The Labute approximate surface area is 159 Å². The van der Waals surface area contributed by atoms with E-state index >= 15 is 0 Å². The molecule has 26 heavy (non-hydrogen) atoms. The lowest BCUT2D eigenvalue weighted by Crippen LogP contribution is -2.15. The van der Waals surface area contributed by atoms with Gasteiger partial charge in [-0.25, -0.2) is 9.97 Å². The first-order valence-electron chi connectivity index (χ1n) is 10.6. The van der Waals surface area contributed by atoms with E-state index in [1.165, 1.54) is 74.5 Å². The van der Waals surface area contributed by atoms with Gasteiger partial charge in [0, 0.05) is 23.4 Å². The van der Waals surface area contributed by atoms with Gasteiger partial charge in [-0.05, 0) is 62.5 Å². The number of hydrogen-bond donors (Lipinski definition) is 0. The monoisotopic (exact) mass is 350 g/mol. The zero-order chi connectivity index (χ0) is 18.4. The Bertz CT molecular complexity index is 682. The molecule has 0 spiro atoms. The van der Waals surface area contributed by atoms with Crippen molar-refractivity contribution >= 4 is 0 Å². The summed E-state index contributed by atoms with van der Waals surface area (Å²) in [5.74, 6) is 2.57. The van der Waals surface area contributed by atoms with Gasteiger partial charge in [-0.3, -0.25) is 0 Å². The number of benzene rings is 1. The molecule has 2 nitrogen and oxygen atoms in total. The van der Waals surface area contributed by atoms with Gasteiger partial charge in [0.2, 0.25) is 0 Å². The number of aryl methyl sites for hydroxylation is 2. The van der Waals surface area contributed by atoms with Gasteiger partial charge >= 0.3 is 0 Å². The molecule has 3 rings (SSSR count). The minimum Gasteiger partial charge on any atom is -0.240 e. The molecule has 1 fully saturated rings. The van der Waals surface area contributed by atoms with Gasteiger partial charge in [0.1, 0.15) is 5.82 Å². The summed E-state index contributed by atoms with van der Waals surface area (Å²) in [6.07, 6.45) is 13.7. The average Bonchev–Trinajstić information content (AvgIpc) is 2.68. The first-order chi connectivity index (χ1) is 12.7. The maximum Gasteiger partial charge on any atom is 0.131 e. The zero-order valence-electron chi connectivity index (χ0n) is 16.8. The predicted octanol–water partition coefficient (Wildman–Crippen LogP) is 6.87. The summed E-state index contributed by atoms with van der Waals surface area (Å²) in [4.78, 5) is 9.68. The molecule has 0 amide bonds. The van der Waals surface area contributed by atoms with E-state index in [2.05, 4.69) is 51.2 Å². The molecule has 0 saturated heterocycles. The highest BCUT2D eigenvalue weighted by atomic mass is 14.9. The van der Waals surface area contributed by atoms with Crippen LogP contribution in [0.15, 0.2) is 30.5 Å². The van der Waals surface area contributed by atoms with Crippen molar-refractivity contribution in [2.75, 3.05) is 0 Å². The summed E-state index contributed by atoms with van der Waals surface area (Å²) in [5, 5.41) is 0. The number of nitrogens with zero attached hydrogens (tertiary/aromatic N) is 2. The molecule has 140 valence electrons. The zero-order valence-corrected chi connectivity index (χ0v) is 16.8. The third-order valence-corrected chi connectivity index (χ3v) is 5.99. The van der Waals surface area contributed by atoms with E-state index < -0.39 is 0 Å². The van der Waals surface area contributed by atoms with Gasteiger partial charge < -0.3 is 0 Å². The first-order valence-corrected chi connectivity index (χ1v) is 10.6. The van der Waals surface area contributed by atoms with Crippen LogP contribution < -0.4 is 0 Å². The van der Waals surface area contributed by atoms with Gasteiger partial charge in [-0.2, -0.15) is 0 Å². The Morgan fingerprint density at radius 1 is 0.962 bits per heavy atom. The predicted molar refractivity (Wildman–Crippen MR) is 110 cm³/mol. The third kappa shape index (κ3) is 4.72. The molecule has 2 aromatic rings. The number of hydrogen-bond acceptors (Lipinski definition) is 2. The van der Waals surface area contributed by atoms with Gasteiger partial charge in [0.25, 0.3) is 0 Å². The van der Waals surface area contributed by atoms with Crippen LogP contribution in [0.5, 0.6) is 0 Å². The highest BCUT2D eigenvalue weighted by Gasteiger charge is 2.24. The van der Waals surface area contributed by atoms with Gasteiger partial charge in [0.05, 0.1) is 0 Å². The molecule has 1 aromatic carbocycles. The normalized spacial score (nSPS) is 20.3. The molecular weight excluding hydrogens is 316 g/mol. The number of unbranched alkanes of at least 4 members (excludes halogenated alkanes) is 1. The van der Waals surface area contributed by atoms with Gasteiger partial charge in [-0.15, -0.1) is 0 Å². The topological polar surface area (TPSA) is 25.8 Å². The second kappa shape index (κ2) is 9.30. The van der Waals surface area contributed by atoms with E-state index in [1.54, 1.807) is 0 Å². The van der Waals surface area contributed by atoms with Gasteiger partial charge in [-0.1, -0.05) is 57.4 Å². The van der Waals surface area contributed by atoms with Crippen molar-refractivity contribution in [2.24, 2.45) is 5.92 Å². The van der Waals surface area contributed by atoms with Crippen LogP contribution in [0.25, 0.3) is 11.1 Å². The van der Waals surface area contributed by atoms with Crippen LogP contribution in [-0.4, -0.2) is 9.97 Å². The molecule has 0 N–H and O–H groups in total. The highest BCUT2D eigenvalue weighted by Crippen LogP contribution is 2.36. The van der Waals surface area contributed by atoms with E-state index in [9.17, 15) is 0 Å². The lowest BCUT2D eigenvalue weighted by molar-refractivity contribution is 0.302. The van der Waals surface area contributed by atoms with Gasteiger partial charge in [0.15, 0.2) is 0 Å². The molecule has 1 saturated carbocycles. The van der Waals surface area contributed by atoms with Crippen LogP contribution in [0.1, 0.15) is 88.2 Å². The standard InChI is InChI=1S/C24H34N2/c1-4-6-8-20-9-13-21(14-10-20)23-17-25-24(26-18(23)3)22-15-11-19(7-5-2)12-16-22/h9-10,13-14,17,19,22H,4-8,11-12,15-16H2,1-3H3. The lowest BCUT2D eigenvalue weighted by Gasteiger charge is -2.27. The molecule has 1 aliphatic carbocycles. The fourth-order valence-electron chi connectivity index (χ4n) is 4.31. The Kier molecular flexibility index (Phi) is 6.82. The lowest BCUT2D eigenvalue weighted by atomic mass is 9.79. The Hall–Kier alpha value is -1.70. The molecule has 2 heteroatoms.